The molecule has 0 aliphatic heterocycles. The zero-order valence-corrected chi connectivity index (χ0v) is 17.7. The molecule has 1 heterocycles. The maximum atomic E-state index is 12.0. The number of aromatic nitrogens is 2. The van der Waals surface area contributed by atoms with Gasteiger partial charge in [-0.1, -0.05) is 60.6 Å². The van der Waals surface area contributed by atoms with Crippen LogP contribution in [0.5, 0.6) is 0 Å². The van der Waals surface area contributed by atoms with Gasteiger partial charge < -0.3 is 10.6 Å². The fourth-order valence-corrected chi connectivity index (χ4v) is 4.68. The van der Waals surface area contributed by atoms with E-state index in [1.165, 1.54) is 35.1 Å². The Morgan fingerprint density at radius 1 is 1.18 bits per heavy atom. The Balaban J connectivity index is 1.41. The van der Waals surface area contributed by atoms with Crippen molar-refractivity contribution in [2.75, 3.05) is 11.1 Å². The van der Waals surface area contributed by atoms with Crippen molar-refractivity contribution < 1.29 is 9.59 Å². The number of benzene rings is 1. The number of amides is 3. The maximum absolute atomic E-state index is 12.0. The number of carbonyl (C=O) groups excluding carboxylic acids is 2. The third kappa shape index (κ3) is 6.20. The van der Waals surface area contributed by atoms with Gasteiger partial charge in [0, 0.05) is 11.7 Å². The third-order valence-electron chi connectivity index (χ3n) is 4.72. The number of thioether (sulfide) groups is 1. The molecule has 28 heavy (non-hydrogen) atoms. The lowest BCUT2D eigenvalue weighted by atomic mass is 9.86. The summed E-state index contributed by atoms with van der Waals surface area (Å²) >= 11 is 2.63. The minimum atomic E-state index is -0.414. The van der Waals surface area contributed by atoms with Crippen LogP contribution in [-0.4, -0.2) is 33.9 Å². The van der Waals surface area contributed by atoms with Crippen LogP contribution in [0.4, 0.5) is 15.6 Å². The molecule has 3 N–H and O–H groups in total. The molecule has 1 aromatic heterocycles. The average Bonchev–Trinajstić information content (AvgIpc) is 3.11. The van der Waals surface area contributed by atoms with Crippen LogP contribution in [0.3, 0.4) is 0 Å². The predicted molar refractivity (Wildman–Crippen MR) is 113 cm³/mol. The van der Waals surface area contributed by atoms with Gasteiger partial charge in [-0.25, -0.2) is 4.79 Å². The molecule has 3 amide bonds. The first-order chi connectivity index (χ1) is 13.5. The molecule has 0 radical (unpaired) electrons. The molecule has 7 nitrogen and oxygen atoms in total. The summed E-state index contributed by atoms with van der Waals surface area (Å²) in [7, 11) is 0. The van der Waals surface area contributed by atoms with Crippen molar-refractivity contribution in [1.29, 1.82) is 0 Å². The topological polar surface area (TPSA) is 96.0 Å². The van der Waals surface area contributed by atoms with Crippen molar-refractivity contribution in [2.45, 2.75) is 49.9 Å². The number of hydrogen-bond donors (Lipinski definition) is 3. The lowest BCUT2D eigenvalue weighted by Gasteiger charge is -2.29. The van der Waals surface area contributed by atoms with E-state index in [4.69, 9.17) is 0 Å². The van der Waals surface area contributed by atoms with Crippen LogP contribution in [0, 0.1) is 12.8 Å². The van der Waals surface area contributed by atoms with Crippen LogP contribution in [-0.2, 0) is 4.79 Å². The number of carbonyl (C=O) groups is 2. The summed E-state index contributed by atoms with van der Waals surface area (Å²) in [5.74, 6) is 0.228. The fourth-order valence-electron chi connectivity index (χ4n) is 3.10. The molecule has 0 bridgehead atoms. The van der Waals surface area contributed by atoms with Crippen LogP contribution < -0.4 is 16.0 Å². The zero-order valence-electron chi connectivity index (χ0n) is 16.0. The SMILES string of the molecule is Cc1ccc(Nc2nnc(SCC(=O)NC(=O)N[C@@H]3CCCC[C@@H]3C)s2)cc1. The number of nitrogens with one attached hydrogen (secondary N) is 3. The first-order valence-corrected chi connectivity index (χ1v) is 11.2. The van der Waals surface area contributed by atoms with Gasteiger partial charge in [0.15, 0.2) is 4.34 Å². The van der Waals surface area contributed by atoms with Crippen molar-refractivity contribution in [3.63, 3.8) is 0 Å². The number of nitrogens with zero attached hydrogens (tertiary/aromatic N) is 2. The highest BCUT2D eigenvalue weighted by Crippen LogP contribution is 2.27. The van der Waals surface area contributed by atoms with Crippen molar-refractivity contribution in [3.05, 3.63) is 29.8 Å². The molecular weight excluding hydrogens is 394 g/mol. The molecule has 0 unspecified atom stereocenters. The minimum absolute atomic E-state index is 0.118. The summed E-state index contributed by atoms with van der Waals surface area (Å²) < 4.78 is 0.672. The quantitative estimate of drug-likeness (QED) is 0.611. The molecule has 1 saturated carbocycles. The first kappa shape index (κ1) is 20.6. The number of aryl methyl sites for hydroxylation is 1. The van der Waals surface area contributed by atoms with Crippen LogP contribution >= 0.6 is 23.1 Å². The monoisotopic (exact) mass is 419 g/mol. The van der Waals surface area contributed by atoms with Gasteiger partial charge >= 0.3 is 6.03 Å². The summed E-state index contributed by atoms with van der Waals surface area (Å²) in [6.07, 6.45) is 4.41. The highest BCUT2D eigenvalue weighted by molar-refractivity contribution is 8.01. The number of urea groups is 1. The molecule has 150 valence electrons. The van der Waals surface area contributed by atoms with E-state index >= 15 is 0 Å². The smallest absolute Gasteiger partial charge is 0.321 e. The van der Waals surface area contributed by atoms with Crippen LogP contribution in [0.1, 0.15) is 38.2 Å². The Morgan fingerprint density at radius 3 is 2.68 bits per heavy atom. The van der Waals surface area contributed by atoms with Crippen LogP contribution in [0.25, 0.3) is 0 Å². The fraction of sp³-hybridized carbons (Fsp3) is 0.474. The number of hydrogen-bond acceptors (Lipinski definition) is 7. The lowest BCUT2D eigenvalue weighted by Crippen LogP contribution is -2.48. The molecule has 1 fully saturated rings. The molecule has 3 rings (SSSR count). The first-order valence-electron chi connectivity index (χ1n) is 9.40. The summed E-state index contributed by atoms with van der Waals surface area (Å²) in [5.41, 5.74) is 2.12. The van der Waals surface area contributed by atoms with Gasteiger partial charge in [-0.15, -0.1) is 10.2 Å². The molecule has 2 aromatic rings. The predicted octanol–water partition coefficient (Wildman–Crippen LogP) is 4.09. The Bertz CT molecular complexity index is 809. The Morgan fingerprint density at radius 2 is 1.93 bits per heavy atom. The normalized spacial score (nSPS) is 19.1. The molecule has 0 saturated heterocycles. The minimum Gasteiger partial charge on any atom is -0.335 e. The highest BCUT2D eigenvalue weighted by atomic mass is 32.2. The molecular formula is C19H25N5O2S2. The third-order valence-corrected chi connectivity index (χ3v) is 6.69. The second kappa shape index (κ2) is 9.88. The molecule has 0 spiro atoms. The van der Waals surface area contributed by atoms with E-state index in [1.54, 1.807) is 0 Å². The second-order valence-corrected chi connectivity index (χ2v) is 9.24. The van der Waals surface area contributed by atoms with Gasteiger partial charge in [0.25, 0.3) is 0 Å². The summed E-state index contributed by atoms with van der Waals surface area (Å²) in [6, 6.07) is 7.72. The number of anilines is 2. The van der Waals surface area contributed by atoms with Crippen molar-refractivity contribution in [1.82, 2.24) is 20.8 Å². The van der Waals surface area contributed by atoms with E-state index < -0.39 is 6.03 Å². The average molecular weight is 420 g/mol. The van der Waals surface area contributed by atoms with Gasteiger partial charge in [0.1, 0.15) is 0 Å². The van der Waals surface area contributed by atoms with Gasteiger partial charge in [0.05, 0.1) is 5.75 Å². The lowest BCUT2D eigenvalue weighted by molar-refractivity contribution is -0.117. The van der Waals surface area contributed by atoms with E-state index in [0.717, 1.165) is 24.9 Å². The largest absolute Gasteiger partial charge is 0.335 e. The van der Waals surface area contributed by atoms with E-state index in [2.05, 4.69) is 33.1 Å². The number of rotatable bonds is 6. The van der Waals surface area contributed by atoms with Gasteiger partial charge in [-0.2, -0.15) is 0 Å². The Kier molecular flexibility index (Phi) is 7.27. The summed E-state index contributed by atoms with van der Waals surface area (Å²) in [5, 5.41) is 17.3. The van der Waals surface area contributed by atoms with Gasteiger partial charge in [-0.3, -0.25) is 10.1 Å². The van der Waals surface area contributed by atoms with Crippen LogP contribution in [0.15, 0.2) is 28.6 Å². The molecule has 1 aliphatic rings. The highest BCUT2D eigenvalue weighted by Gasteiger charge is 2.23. The summed E-state index contributed by atoms with van der Waals surface area (Å²) in [4.78, 5) is 24.0. The van der Waals surface area contributed by atoms with Gasteiger partial charge in [0.2, 0.25) is 11.0 Å². The standard InChI is InChI=1S/C19H25N5O2S2/c1-12-7-9-14(10-8-12)20-18-23-24-19(28-18)27-11-16(25)22-17(26)21-15-6-4-3-5-13(15)2/h7-10,13,15H,3-6,11H2,1-2H3,(H,20,23)(H2,21,22,25,26)/t13-,15+/m0/s1. The molecule has 9 heteroatoms. The Hall–Kier alpha value is -2.13. The Labute approximate surface area is 173 Å². The molecule has 2 atom stereocenters. The van der Waals surface area contributed by atoms with E-state index in [1.807, 2.05) is 31.2 Å². The molecule has 1 aromatic carbocycles. The van der Waals surface area contributed by atoms with E-state index in [0.29, 0.717) is 15.4 Å². The zero-order chi connectivity index (χ0) is 19.9. The van der Waals surface area contributed by atoms with Crippen LogP contribution in [0.2, 0.25) is 0 Å². The van der Waals surface area contributed by atoms with Crippen molar-refractivity contribution in [2.24, 2.45) is 5.92 Å². The number of imide groups is 1. The van der Waals surface area contributed by atoms with Crippen molar-refractivity contribution >= 4 is 45.9 Å². The maximum Gasteiger partial charge on any atom is 0.321 e. The second-order valence-electron chi connectivity index (χ2n) is 7.04. The van der Waals surface area contributed by atoms with Gasteiger partial charge in [-0.05, 0) is 37.8 Å². The summed E-state index contributed by atoms with van der Waals surface area (Å²) in [6.45, 7) is 4.17. The van der Waals surface area contributed by atoms with E-state index in [-0.39, 0.29) is 17.7 Å². The molecule has 1 aliphatic carbocycles. The van der Waals surface area contributed by atoms with Crippen molar-refractivity contribution in [3.8, 4) is 0 Å². The van der Waals surface area contributed by atoms with E-state index in [9.17, 15) is 9.59 Å².